The van der Waals surface area contributed by atoms with Gasteiger partial charge in [0.15, 0.2) is 5.03 Å². The van der Waals surface area contributed by atoms with E-state index in [0.29, 0.717) is 12.4 Å². The maximum atomic E-state index is 12.4. The van der Waals surface area contributed by atoms with Gasteiger partial charge in [-0.2, -0.15) is 4.31 Å². The first kappa shape index (κ1) is 13.8. The summed E-state index contributed by atoms with van der Waals surface area (Å²) in [6.45, 7) is 2.53. The summed E-state index contributed by atoms with van der Waals surface area (Å²) in [5.74, 6) is 0.341. The van der Waals surface area contributed by atoms with Gasteiger partial charge < -0.3 is 0 Å². The van der Waals surface area contributed by atoms with Crippen LogP contribution in [0.15, 0.2) is 23.4 Å². The number of piperidine rings is 1. The van der Waals surface area contributed by atoms with E-state index in [2.05, 4.69) is 4.98 Å². The Morgan fingerprint density at radius 1 is 1.44 bits per heavy atom. The van der Waals surface area contributed by atoms with Crippen LogP contribution in [-0.2, 0) is 15.9 Å². The zero-order valence-corrected chi connectivity index (χ0v) is 11.9. The van der Waals surface area contributed by atoms with E-state index in [0.717, 1.165) is 24.8 Å². The maximum absolute atomic E-state index is 12.4. The first-order valence-electron chi connectivity index (χ1n) is 6.08. The Kier molecular flexibility index (Phi) is 4.25. The summed E-state index contributed by atoms with van der Waals surface area (Å²) in [5, 5.41) is 0.116. The van der Waals surface area contributed by atoms with Crippen molar-refractivity contribution in [3.63, 3.8) is 0 Å². The van der Waals surface area contributed by atoms with E-state index < -0.39 is 10.0 Å². The van der Waals surface area contributed by atoms with Crippen molar-refractivity contribution < 1.29 is 8.42 Å². The molecule has 0 aromatic carbocycles. The monoisotopic (exact) mass is 288 g/mol. The van der Waals surface area contributed by atoms with Gasteiger partial charge in [0.05, 0.1) is 0 Å². The predicted octanol–water partition coefficient (Wildman–Crippen LogP) is 2.38. The van der Waals surface area contributed by atoms with Crippen LogP contribution in [0.3, 0.4) is 0 Å². The van der Waals surface area contributed by atoms with Crippen molar-refractivity contribution in [3.8, 4) is 0 Å². The Balaban J connectivity index is 2.28. The molecule has 1 saturated heterocycles. The summed E-state index contributed by atoms with van der Waals surface area (Å²) < 4.78 is 26.4. The smallest absolute Gasteiger partial charge is 0.243 e. The molecule has 4 nitrogen and oxygen atoms in total. The van der Waals surface area contributed by atoms with Crippen molar-refractivity contribution in [2.75, 3.05) is 6.54 Å². The van der Waals surface area contributed by atoms with Crippen molar-refractivity contribution in [3.05, 3.63) is 23.9 Å². The maximum Gasteiger partial charge on any atom is 0.260 e. The lowest BCUT2D eigenvalue weighted by Crippen LogP contribution is -2.42. The number of alkyl halides is 1. The van der Waals surface area contributed by atoms with Crippen LogP contribution < -0.4 is 0 Å². The van der Waals surface area contributed by atoms with Crippen LogP contribution in [0.4, 0.5) is 0 Å². The summed E-state index contributed by atoms with van der Waals surface area (Å²) in [6, 6.07) is 3.30. The summed E-state index contributed by atoms with van der Waals surface area (Å²) in [7, 11) is -3.46. The number of pyridine rings is 1. The van der Waals surface area contributed by atoms with E-state index in [9.17, 15) is 8.42 Å². The molecule has 1 aromatic rings. The van der Waals surface area contributed by atoms with Gasteiger partial charge in [-0.1, -0.05) is 12.5 Å². The van der Waals surface area contributed by atoms with E-state index in [-0.39, 0.29) is 11.1 Å². The van der Waals surface area contributed by atoms with E-state index in [4.69, 9.17) is 11.6 Å². The normalized spacial score (nSPS) is 22.0. The van der Waals surface area contributed by atoms with Crippen LogP contribution in [0.25, 0.3) is 0 Å². The van der Waals surface area contributed by atoms with Gasteiger partial charge in [-0.15, -0.1) is 11.6 Å². The van der Waals surface area contributed by atoms with Gasteiger partial charge in [0.2, 0.25) is 0 Å². The summed E-state index contributed by atoms with van der Waals surface area (Å²) in [4.78, 5) is 4.02. The van der Waals surface area contributed by atoms with E-state index in [1.54, 1.807) is 10.4 Å². The minimum atomic E-state index is -3.46. The molecule has 0 spiro atoms. The molecule has 1 unspecified atom stereocenters. The summed E-state index contributed by atoms with van der Waals surface area (Å²) >= 11 is 5.67. The molecule has 1 aliphatic rings. The molecular formula is C12H17ClN2O2S. The molecule has 0 radical (unpaired) electrons. The van der Waals surface area contributed by atoms with E-state index >= 15 is 0 Å². The molecule has 1 atom stereocenters. The molecule has 1 fully saturated rings. The second kappa shape index (κ2) is 5.55. The van der Waals surface area contributed by atoms with Crippen LogP contribution in [0.1, 0.15) is 31.7 Å². The molecular weight excluding hydrogens is 272 g/mol. The standard InChI is InChI=1S/C12H17ClN2O2S/c1-10-4-2-3-7-15(10)18(16,17)12-6-5-11(8-13)9-14-12/h5-6,9-10H,2-4,7-8H2,1H3. The number of rotatable bonds is 3. The van der Waals surface area contributed by atoms with Crippen molar-refractivity contribution in [1.29, 1.82) is 0 Å². The van der Waals surface area contributed by atoms with Gasteiger partial charge in [-0.25, -0.2) is 13.4 Å². The topological polar surface area (TPSA) is 50.3 Å². The Morgan fingerprint density at radius 2 is 2.22 bits per heavy atom. The second-order valence-electron chi connectivity index (χ2n) is 4.60. The molecule has 18 heavy (non-hydrogen) atoms. The molecule has 2 heterocycles. The quantitative estimate of drug-likeness (QED) is 0.803. The fourth-order valence-electron chi connectivity index (χ4n) is 2.19. The largest absolute Gasteiger partial charge is 0.260 e. The Hall–Kier alpha value is -0.650. The average molecular weight is 289 g/mol. The first-order valence-corrected chi connectivity index (χ1v) is 8.06. The highest BCUT2D eigenvalue weighted by Crippen LogP contribution is 2.24. The van der Waals surface area contributed by atoms with Crippen LogP contribution >= 0.6 is 11.6 Å². The molecule has 0 aliphatic carbocycles. The van der Waals surface area contributed by atoms with Crippen molar-refractivity contribution in [2.45, 2.75) is 43.1 Å². The van der Waals surface area contributed by atoms with E-state index in [1.807, 2.05) is 6.92 Å². The van der Waals surface area contributed by atoms with Crippen LogP contribution in [0.5, 0.6) is 0 Å². The van der Waals surface area contributed by atoms with Crippen LogP contribution in [-0.4, -0.2) is 30.3 Å². The highest BCUT2D eigenvalue weighted by Gasteiger charge is 2.31. The highest BCUT2D eigenvalue weighted by molar-refractivity contribution is 7.89. The van der Waals surface area contributed by atoms with Gasteiger partial charge in [0.25, 0.3) is 10.0 Å². The third-order valence-corrected chi connectivity index (χ3v) is 5.51. The summed E-state index contributed by atoms with van der Waals surface area (Å²) in [6.07, 6.45) is 4.45. The third-order valence-electron chi connectivity index (χ3n) is 3.27. The molecule has 0 bridgehead atoms. The number of nitrogens with zero attached hydrogens (tertiary/aromatic N) is 2. The lowest BCUT2D eigenvalue weighted by Gasteiger charge is -2.31. The van der Waals surface area contributed by atoms with Gasteiger partial charge >= 0.3 is 0 Å². The highest BCUT2D eigenvalue weighted by atomic mass is 35.5. The molecule has 0 amide bonds. The Morgan fingerprint density at radius 3 is 2.78 bits per heavy atom. The van der Waals surface area contributed by atoms with E-state index in [1.165, 1.54) is 12.3 Å². The molecule has 6 heteroatoms. The number of aromatic nitrogens is 1. The lowest BCUT2D eigenvalue weighted by molar-refractivity contribution is 0.268. The van der Waals surface area contributed by atoms with Crippen molar-refractivity contribution in [1.82, 2.24) is 9.29 Å². The third kappa shape index (κ3) is 2.68. The van der Waals surface area contributed by atoms with Crippen LogP contribution in [0, 0.1) is 0 Å². The molecule has 1 aliphatic heterocycles. The molecule has 2 rings (SSSR count). The average Bonchev–Trinajstić information content (AvgIpc) is 2.39. The zero-order chi connectivity index (χ0) is 13.2. The summed E-state index contributed by atoms with van der Waals surface area (Å²) in [5.41, 5.74) is 0.822. The zero-order valence-electron chi connectivity index (χ0n) is 10.3. The number of halogens is 1. The van der Waals surface area contributed by atoms with Crippen molar-refractivity contribution >= 4 is 21.6 Å². The second-order valence-corrected chi connectivity index (χ2v) is 6.70. The minimum absolute atomic E-state index is 0.0539. The van der Waals surface area contributed by atoms with Gasteiger partial charge in [0, 0.05) is 24.7 Å². The minimum Gasteiger partial charge on any atom is -0.243 e. The SMILES string of the molecule is CC1CCCCN1S(=O)(=O)c1ccc(CCl)cn1. The Bertz CT molecular complexity index is 501. The first-order chi connectivity index (χ1) is 8.55. The van der Waals surface area contributed by atoms with Gasteiger partial charge in [0.1, 0.15) is 0 Å². The molecule has 100 valence electrons. The van der Waals surface area contributed by atoms with Gasteiger partial charge in [-0.05, 0) is 31.4 Å². The predicted molar refractivity (Wildman–Crippen MR) is 71.0 cm³/mol. The number of hydrogen-bond acceptors (Lipinski definition) is 3. The van der Waals surface area contributed by atoms with Gasteiger partial charge in [-0.3, -0.25) is 0 Å². The fourth-order valence-corrected chi connectivity index (χ4v) is 3.96. The fraction of sp³-hybridized carbons (Fsp3) is 0.583. The molecule has 0 N–H and O–H groups in total. The Labute approximate surface area is 113 Å². The lowest BCUT2D eigenvalue weighted by atomic mass is 10.1. The molecule has 1 aromatic heterocycles. The van der Waals surface area contributed by atoms with Crippen molar-refractivity contribution in [2.24, 2.45) is 0 Å². The number of hydrogen-bond donors (Lipinski definition) is 0. The molecule has 0 saturated carbocycles. The number of sulfonamides is 1. The van der Waals surface area contributed by atoms with Crippen LogP contribution in [0.2, 0.25) is 0 Å².